The van der Waals surface area contributed by atoms with Gasteiger partial charge in [-0.25, -0.2) is 0 Å². The summed E-state index contributed by atoms with van der Waals surface area (Å²) in [6, 6.07) is 19.4. The van der Waals surface area contributed by atoms with Crippen LogP contribution in [-0.4, -0.2) is 0 Å². The van der Waals surface area contributed by atoms with Gasteiger partial charge in [-0.2, -0.15) is 0 Å². The van der Waals surface area contributed by atoms with Crippen LogP contribution < -0.4 is 0 Å². The molecule has 1 heterocycles. The number of aryl methyl sites for hydroxylation is 1. The Balaban J connectivity index is 2.02. The minimum Gasteiger partial charge on any atom is -0.455 e. The summed E-state index contributed by atoms with van der Waals surface area (Å²) in [5, 5.41) is 2.37. The van der Waals surface area contributed by atoms with Crippen LogP contribution in [0.5, 0.6) is 0 Å². The van der Waals surface area contributed by atoms with Gasteiger partial charge in [-0.05, 0) is 84.9 Å². The fourth-order valence-electron chi connectivity index (χ4n) is 4.14. The molecule has 0 saturated heterocycles. The molecule has 1 nitrogen and oxygen atoms in total. The Hall–Kier alpha value is -3.32. The molecule has 1 heteroatoms. The van der Waals surface area contributed by atoms with Gasteiger partial charge in [-0.3, -0.25) is 0 Å². The summed E-state index contributed by atoms with van der Waals surface area (Å²) < 4.78 is 6.36. The van der Waals surface area contributed by atoms with E-state index < -0.39 is 0 Å². The summed E-state index contributed by atoms with van der Waals surface area (Å²) in [6.07, 6.45) is 7.38. The third kappa shape index (κ3) is 3.52. The molecule has 0 saturated carbocycles. The van der Waals surface area contributed by atoms with Crippen molar-refractivity contribution in [2.45, 2.75) is 34.1 Å². The average molecular weight is 393 g/mol. The van der Waals surface area contributed by atoms with Crippen molar-refractivity contribution in [1.82, 2.24) is 0 Å². The van der Waals surface area contributed by atoms with Gasteiger partial charge in [0.15, 0.2) is 0 Å². The van der Waals surface area contributed by atoms with E-state index in [1.165, 1.54) is 27.5 Å². The lowest BCUT2D eigenvalue weighted by Crippen LogP contribution is -1.90. The van der Waals surface area contributed by atoms with E-state index in [0.717, 1.165) is 39.9 Å². The van der Waals surface area contributed by atoms with Gasteiger partial charge in [0.1, 0.15) is 11.2 Å². The molecule has 0 bridgehead atoms. The zero-order valence-electron chi connectivity index (χ0n) is 18.3. The SMILES string of the molecule is C=C(/C=C\C)c1cc(/C(C)=C/CC)cc(-c2ccc(C)c3c2oc2ccccc23)c1. The average Bonchev–Trinajstić information content (AvgIpc) is 3.14. The Morgan fingerprint density at radius 2 is 1.80 bits per heavy atom. The lowest BCUT2D eigenvalue weighted by Gasteiger charge is -2.12. The summed E-state index contributed by atoms with van der Waals surface area (Å²) in [5.41, 5.74) is 10.0. The molecule has 0 radical (unpaired) electrons. The molecule has 30 heavy (non-hydrogen) atoms. The van der Waals surface area contributed by atoms with E-state index in [-0.39, 0.29) is 0 Å². The fraction of sp³-hybridized carbons (Fsp3) is 0.172. The predicted molar refractivity (Wildman–Crippen MR) is 132 cm³/mol. The maximum atomic E-state index is 6.36. The maximum Gasteiger partial charge on any atom is 0.143 e. The van der Waals surface area contributed by atoms with Crippen LogP contribution in [0.1, 0.15) is 43.9 Å². The normalized spacial score (nSPS) is 12.3. The second kappa shape index (κ2) is 8.20. The van der Waals surface area contributed by atoms with Crippen LogP contribution in [0.15, 0.2) is 83.8 Å². The standard InChI is InChI=1S/C29H28O/c1-6-10-19(3)22-16-23(20(4)11-7-2)18-24(17-22)25-15-14-21(5)28-26-12-8-9-13-27(26)30-29(25)28/h6,8-18H,3,7H2,1-2,4-5H3/b10-6-,20-11+. The smallest absolute Gasteiger partial charge is 0.143 e. The number of allylic oxidation sites excluding steroid dienone is 5. The molecule has 0 amide bonds. The highest BCUT2D eigenvalue weighted by atomic mass is 16.3. The number of para-hydroxylation sites is 1. The van der Waals surface area contributed by atoms with Gasteiger partial charge >= 0.3 is 0 Å². The molecular weight excluding hydrogens is 364 g/mol. The number of benzene rings is 3. The largest absolute Gasteiger partial charge is 0.455 e. The highest BCUT2D eigenvalue weighted by molar-refractivity contribution is 6.11. The summed E-state index contributed by atoms with van der Waals surface area (Å²) in [7, 11) is 0. The van der Waals surface area contributed by atoms with Crippen molar-refractivity contribution in [3.63, 3.8) is 0 Å². The van der Waals surface area contributed by atoms with Crippen LogP contribution >= 0.6 is 0 Å². The van der Waals surface area contributed by atoms with Crippen LogP contribution in [0.3, 0.4) is 0 Å². The molecule has 0 aliphatic heterocycles. The van der Waals surface area contributed by atoms with Crippen LogP contribution in [0, 0.1) is 6.92 Å². The first-order valence-corrected chi connectivity index (χ1v) is 10.6. The van der Waals surface area contributed by atoms with E-state index >= 15 is 0 Å². The molecule has 0 aliphatic carbocycles. The van der Waals surface area contributed by atoms with E-state index in [0.29, 0.717) is 0 Å². The van der Waals surface area contributed by atoms with Gasteiger partial charge in [0.2, 0.25) is 0 Å². The van der Waals surface area contributed by atoms with Gasteiger partial charge in [-0.15, -0.1) is 0 Å². The van der Waals surface area contributed by atoms with Gasteiger partial charge < -0.3 is 4.42 Å². The van der Waals surface area contributed by atoms with Crippen molar-refractivity contribution >= 4 is 33.1 Å². The molecule has 0 spiro atoms. The summed E-state index contributed by atoms with van der Waals surface area (Å²) in [4.78, 5) is 0. The Morgan fingerprint density at radius 3 is 2.57 bits per heavy atom. The monoisotopic (exact) mass is 392 g/mol. The van der Waals surface area contributed by atoms with E-state index in [4.69, 9.17) is 4.42 Å². The second-order valence-corrected chi connectivity index (χ2v) is 7.85. The number of furan rings is 1. The molecule has 4 rings (SSSR count). The Bertz CT molecular complexity index is 1290. The van der Waals surface area contributed by atoms with Gasteiger partial charge in [0.05, 0.1) is 0 Å². The molecule has 150 valence electrons. The number of rotatable bonds is 5. The van der Waals surface area contributed by atoms with Crippen molar-refractivity contribution in [2.75, 3.05) is 0 Å². The molecule has 0 N–H and O–H groups in total. The van der Waals surface area contributed by atoms with Crippen molar-refractivity contribution in [2.24, 2.45) is 0 Å². The lowest BCUT2D eigenvalue weighted by atomic mass is 9.92. The minimum atomic E-state index is 0.930. The highest BCUT2D eigenvalue weighted by Crippen LogP contribution is 2.39. The van der Waals surface area contributed by atoms with E-state index in [1.54, 1.807) is 0 Å². The lowest BCUT2D eigenvalue weighted by molar-refractivity contribution is 0.670. The molecule has 0 unspecified atom stereocenters. The van der Waals surface area contributed by atoms with Crippen molar-refractivity contribution < 1.29 is 4.42 Å². The molecular formula is C29H28O. The maximum absolute atomic E-state index is 6.36. The Morgan fingerprint density at radius 1 is 1.03 bits per heavy atom. The van der Waals surface area contributed by atoms with Gasteiger partial charge in [0.25, 0.3) is 0 Å². The van der Waals surface area contributed by atoms with E-state index in [9.17, 15) is 0 Å². The van der Waals surface area contributed by atoms with E-state index in [1.807, 2.05) is 25.1 Å². The minimum absolute atomic E-state index is 0.930. The molecule has 1 aromatic heterocycles. The van der Waals surface area contributed by atoms with Crippen molar-refractivity contribution in [3.8, 4) is 11.1 Å². The van der Waals surface area contributed by atoms with Gasteiger partial charge in [-0.1, -0.05) is 62.1 Å². The first kappa shape index (κ1) is 20.0. The predicted octanol–water partition coefficient (Wildman–Crippen LogP) is 8.96. The summed E-state index contributed by atoms with van der Waals surface area (Å²) in [5.74, 6) is 0. The Kier molecular flexibility index (Phi) is 5.46. The van der Waals surface area contributed by atoms with Crippen molar-refractivity contribution in [3.05, 3.63) is 96.1 Å². The van der Waals surface area contributed by atoms with Gasteiger partial charge in [0, 0.05) is 16.3 Å². The van der Waals surface area contributed by atoms with Crippen LogP contribution in [0.4, 0.5) is 0 Å². The molecule has 3 aromatic carbocycles. The molecule has 0 atom stereocenters. The highest BCUT2D eigenvalue weighted by Gasteiger charge is 2.15. The van der Waals surface area contributed by atoms with Crippen LogP contribution in [0.2, 0.25) is 0 Å². The topological polar surface area (TPSA) is 13.1 Å². The first-order valence-electron chi connectivity index (χ1n) is 10.6. The van der Waals surface area contributed by atoms with Crippen LogP contribution in [-0.2, 0) is 0 Å². The number of hydrogen-bond acceptors (Lipinski definition) is 1. The van der Waals surface area contributed by atoms with Crippen LogP contribution in [0.25, 0.3) is 44.2 Å². The molecule has 0 fully saturated rings. The summed E-state index contributed by atoms with van der Waals surface area (Å²) >= 11 is 0. The molecule has 0 aliphatic rings. The zero-order chi connectivity index (χ0) is 21.3. The van der Waals surface area contributed by atoms with Crippen molar-refractivity contribution in [1.29, 1.82) is 0 Å². The van der Waals surface area contributed by atoms with E-state index in [2.05, 4.69) is 82.0 Å². The molecule has 4 aromatic rings. The summed E-state index contributed by atoms with van der Waals surface area (Å²) in [6.45, 7) is 12.8. The first-order chi connectivity index (χ1) is 14.5. The number of fused-ring (bicyclic) bond motifs is 3. The fourth-order valence-corrected chi connectivity index (χ4v) is 4.14. The third-order valence-corrected chi connectivity index (χ3v) is 5.68. The quantitative estimate of drug-likeness (QED) is 0.309. The Labute approximate surface area is 179 Å². The second-order valence-electron chi connectivity index (χ2n) is 7.85. The number of hydrogen-bond donors (Lipinski definition) is 0. The zero-order valence-corrected chi connectivity index (χ0v) is 18.3. The third-order valence-electron chi connectivity index (χ3n) is 5.68.